The number of benzene rings is 1. The molecule has 0 radical (unpaired) electrons. The summed E-state index contributed by atoms with van der Waals surface area (Å²) in [4.78, 5) is 6.20. The smallest absolute Gasteiger partial charge is 0.0907 e. The molecule has 0 spiro atoms. The molecule has 0 fully saturated rings. The van der Waals surface area contributed by atoms with E-state index in [1.54, 1.807) is 12.5 Å². The van der Waals surface area contributed by atoms with Gasteiger partial charge < -0.3 is 4.90 Å². The minimum Gasteiger partial charge on any atom is -0.369 e. The number of aromatic amines is 1. The van der Waals surface area contributed by atoms with E-state index in [2.05, 4.69) is 15.2 Å². The predicted molar refractivity (Wildman–Crippen MR) is 57.9 cm³/mol. The molecule has 0 saturated carbocycles. The van der Waals surface area contributed by atoms with Gasteiger partial charge in [-0.1, -0.05) is 0 Å². The van der Waals surface area contributed by atoms with E-state index in [0.717, 1.165) is 16.6 Å². The van der Waals surface area contributed by atoms with Crippen molar-refractivity contribution in [2.75, 3.05) is 14.1 Å². The molecule has 2 aromatic rings. The van der Waals surface area contributed by atoms with E-state index in [1.165, 1.54) is 0 Å². The highest BCUT2D eigenvalue weighted by Gasteiger charge is 1.95. The first-order valence-corrected chi connectivity index (χ1v) is 4.39. The Kier molecular flexibility index (Phi) is 2.18. The number of nitrogens with one attached hydrogen (secondary N) is 1. The largest absolute Gasteiger partial charge is 0.369 e. The second-order valence-corrected chi connectivity index (χ2v) is 3.35. The molecule has 72 valence electrons. The number of nitrogens with zero attached hydrogens (tertiary/aromatic N) is 3. The van der Waals surface area contributed by atoms with Crippen molar-refractivity contribution >= 4 is 22.9 Å². The molecular weight excluding hydrogens is 176 g/mol. The van der Waals surface area contributed by atoms with Gasteiger partial charge in [0, 0.05) is 19.5 Å². The lowest BCUT2D eigenvalue weighted by Crippen LogP contribution is -2.06. The number of hydrogen-bond acceptors (Lipinski definition) is 2. The number of fused-ring (bicyclic) bond motifs is 1. The molecule has 0 bridgehead atoms. The van der Waals surface area contributed by atoms with Crippen LogP contribution in [0.2, 0.25) is 0 Å². The zero-order valence-electron chi connectivity index (χ0n) is 8.23. The summed E-state index contributed by atoms with van der Waals surface area (Å²) in [5, 5.41) is 7.93. The van der Waals surface area contributed by atoms with Crippen molar-refractivity contribution in [2.45, 2.75) is 0 Å². The Labute approximate surface area is 82.3 Å². The van der Waals surface area contributed by atoms with Gasteiger partial charge in [0.2, 0.25) is 0 Å². The van der Waals surface area contributed by atoms with Crippen molar-refractivity contribution in [3.05, 3.63) is 24.4 Å². The summed E-state index contributed by atoms with van der Waals surface area (Å²) < 4.78 is 0. The molecule has 0 atom stereocenters. The SMILES string of the molecule is CN(C)C=Nc1ccc2[nH]ncc2c1. The molecular formula is C10H12N4. The molecule has 4 heteroatoms. The third kappa shape index (κ3) is 1.74. The predicted octanol–water partition coefficient (Wildman–Crippen LogP) is 1.78. The number of rotatable bonds is 2. The molecule has 0 unspecified atom stereocenters. The molecule has 4 nitrogen and oxygen atoms in total. The monoisotopic (exact) mass is 188 g/mol. The lowest BCUT2D eigenvalue weighted by Gasteiger charge is -2.01. The van der Waals surface area contributed by atoms with Gasteiger partial charge in [-0.2, -0.15) is 5.10 Å². The summed E-state index contributed by atoms with van der Waals surface area (Å²) in [6.07, 6.45) is 3.57. The van der Waals surface area contributed by atoms with E-state index >= 15 is 0 Å². The molecule has 2 rings (SSSR count). The molecule has 1 N–H and O–H groups in total. The highest BCUT2D eigenvalue weighted by atomic mass is 15.1. The van der Waals surface area contributed by atoms with Gasteiger partial charge in [0.25, 0.3) is 0 Å². The van der Waals surface area contributed by atoms with Crippen molar-refractivity contribution in [2.24, 2.45) is 4.99 Å². The first-order valence-electron chi connectivity index (χ1n) is 4.39. The molecule has 1 aromatic carbocycles. The maximum absolute atomic E-state index is 4.29. The summed E-state index contributed by atoms with van der Waals surface area (Å²) in [7, 11) is 3.89. The lowest BCUT2D eigenvalue weighted by molar-refractivity contribution is 0.643. The zero-order valence-corrected chi connectivity index (χ0v) is 8.23. The van der Waals surface area contributed by atoms with E-state index in [-0.39, 0.29) is 0 Å². The van der Waals surface area contributed by atoms with Crippen molar-refractivity contribution in [1.82, 2.24) is 15.1 Å². The van der Waals surface area contributed by atoms with Crippen LogP contribution in [-0.2, 0) is 0 Å². The summed E-state index contributed by atoms with van der Waals surface area (Å²) in [6.45, 7) is 0. The minimum absolute atomic E-state index is 0.938. The van der Waals surface area contributed by atoms with Crippen LogP contribution in [0, 0.1) is 0 Å². The number of H-pyrrole nitrogens is 1. The van der Waals surface area contributed by atoms with Gasteiger partial charge >= 0.3 is 0 Å². The summed E-state index contributed by atoms with van der Waals surface area (Å²) in [5.74, 6) is 0. The van der Waals surface area contributed by atoms with E-state index in [4.69, 9.17) is 0 Å². The van der Waals surface area contributed by atoms with Crippen molar-refractivity contribution < 1.29 is 0 Å². The van der Waals surface area contributed by atoms with Crippen LogP contribution < -0.4 is 0 Å². The van der Waals surface area contributed by atoms with E-state index in [9.17, 15) is 0 Å². The molecule has 1 heterocycles. The van der Waals surface area contributed by atoms with Crippen LogP contribution in [-0.4, -0.2) is 35.5 Å². The van der Waals surface area contributed by atoms with Gasteiger partial charge in [0.15, 0.2) is 0 Å². The zero-order chi connectivity index (χ0) is 9.97. The third-order valence-corrected chi connectivity index (χ3v) is 1.86. The average molecular weight is 188 g/mol. The third-order valence-electron chi connectivity index (χ3n) is 1.86. The molecule has 0 aliphatic rings. The summed E-state index contributed by atoms with van der Waals surface area (Å²) in [6, 6.07) is 5.93. The Balaban J connectivity index is 2.34. The Hall–Kier alpha value is -1.84. The Bertz CT molecular complexity index is 456. The first kappa shape index (κ1) is 8.74. The maximum atomic E-state index is 4.29. The van der Waals surface area contributed by atoms with E-state index in [1.807, 2.05) is 37.2 Å². The van der Waals surface area contributed by atoms with Crippen molar-refractivity contribution in [3.63, 3.8) is 0 Å². The van der Waals surface area contributed by atoms with Crippen LogP contribution in [0.5, 0.6) is 0 Å². The molecule has 1 aromatic heterocycles. The van der Waals surface area contributed by atoms with Crippen LogP contribution in [0.4, 0.5) is 5.69 Å². The normalized spacial score (nSPS) is 11.3. The molecule has 0 saturated heterocycles. The van der Waals surface area contributed by atoms with Crippen LogP contribution in [0.15, 0.2) is 29.4 Å². The summed E-state index contributed by atoms with van der Waals surface area (Å²) in [5.41, 5.74) is 1.97. The number of aromatic nitrogens is 2. The van der Waals surface area contributed by atoms with E-state index in [0.29, 0.717) is 0 Å². The Morgan fingerprint density at radius 3 is 3.07 bits per heavy atom. The average Bonchev–Trinajstić information content (AvgIpc) is 2.61. The van der Waals surface area contributed by atoms with Crippen LogP contribution in [0.3, 0.4) is 0 Å². The molecule has 0 aliphatic carbocycles. The standard InChI is InChI=1S/C10H12N4/c1-14(2)7-11-9-3-4-10-8(5-9)6-12-13-10/h3-7H,1-2H3,(H,12,13). The van der Waals surface area contributed by atoms with Gasteiger partial charge in [-0.05, 0) is 18.2 Å². The van der Waals surface area contributed by atoms with Crippen molar-refractivity contribution in [1.29, 1.82) is 0 Å². The molecule has 0 amide bonds. The van der Waals surface area contributed by atoms with Crippen molar-refractivity contribution in [3.8, 4) is 0 Å². The van der Waals surface area contributed by atoms with Crippen LogP contribution in [0.1, 0.15) is 0 Å². The van der Waals surface area contributed by atoms with Crippen LogP contribution in [0.25, 0.3) is 10.9 Å². The quantitative estimate of drug-likeness (QED) is 0.576. The fourth-order valence-corrected chi connectivity index (χ4v) is 1.19. The van der Waals surface area contributed by atoms with Gasteiger partial charge in [-0.3, -0.25) is 5.10 Å². The second kappa shape index (κ2) is 3.49. The van der Waals surface area contributed by atoms with Crippen LogP contribution >= 0.6 is 0 Å². The maximum Gasteiger partial charge on any atom is 0.0907 e. The number of hydrogen-bond donors (Lipinski definition) is 1. The highest BCUT2D eigenvalue weighted by Crippen LogP contribution is 2.18. The highest BCUT2D eigenvalue weighted by molar-refractivity contribution is 5.81. The Morgan fingerprint density at radius 1 is 1.43 bits per heavy atom. The van der Waals surface area contributed by atoms with E-state index < -0.39 is 0 Å². The topological polar surface area (TPSA) is 44.3 Å². The summed E-state index contributed by atoms with van der Waals surface area (Å²) >= 11 is 0. The fraction of sp³-hybridized carbons (Fsp3) is 0.200. The fourth-order valence-electron chi connectivity index (χ4n) is 1.19. The van der Waals surface area contributed by atoms with Gasteiger partial charge in [0.05, 0.1) is 23.7 Å². The van der Waals surface area contributed by atoms with Gasteiger partial charge in [0.1, 0.15) is 0 Å². The molecule has 0 aliphatic heterocycles. The number of aliphatic imine (C=N–C) groups is 1. The van der Waals surface area contributed by atoms with Gasteiger partial charge in [-0.25, -0.2) is 4.99 Å². The van der Waals surface area contributed by atoms with Gasteiger partial charge in [-0.15, -0.1) is 0 Å². The Morgan fingerprint density at radius 2 is 2.29 bits per heavy atom. The minimum atomic E-state index is 0.938. The molecule has 14 heavy (non-hydrogen) atoms. The first-order chi connectivity index (χ1) is 6.75. The second-order valence-electron chi connectivity index (χ2n) is 3.35. The lowest BCUT2D eigenvalue weighted by atomic mass is 10.2.